The Kier molecular flexibility index (Phi) is 10.3. The summed E-state index contributed by atoms with van der Waals surface area (Å²) < 4.78 is 12.2. The number of carbonyl (C=O) groups excluding carboxylic acids is 3. The second kappa shape index (κ2) is 14.5. The number of fused-ring (bicyclic) bond motifs is 1. The lowest BCUT2D eigenvalue weighted by Gasteiger charge is -2.26. The van der Waals surface area contributed by atoms with Gasteiger partial charge in [0.25, 0.3) is 0 Å². The van der Waals surface area contributed by atoms with Gasteiger partial charge in [-0.15, -0.1) is 11.3 Å². The largest absolute Gasteiger partial charge is 0.508 e. The number of nitrogens with one attached hydrogen (secondary N) is 1. The number of likely N-dealkylation sites (tertiary alicyclic amines) is 1. The number of thiophene rings is 1. The molecule has 0 aliphatic carbocycles. The molecule has 0 bridgehead atoms. The van der Waals surface area contributed by atoms with Crippen molar-refractivity contribution < 1.29 is 29.0 Å². The normalized spacial score (nSPS) is 14.2. The second-order valence-electron chi connectivity index (χ2n) is 10.9. The number of phenolic OH excluding ortho intramolecular Hbond substituents is 1. The van der Waals surface area contributed by atoms with Gasteiger partial charge >= 0.3 is 6.09 Å². The van der Waals surface area contributed by atoms with E-state index in [9.17, 15) is 19.5 Å². The maximum atomic E-state index is 14.0. The molecular weight excluding hydrogens is 578 g/mol. The van der Waals surface area contributed by atoms with Gasteiger partial charge in [-0.25, -0.2) is 4.79 Å². The Balaban J connectivity index is 1.38. The van der Waals surface area contributed by atoms with Crippen LogP contribution in [0, 0.1) is 0 Å². The summed E-state index contributed by atoms with van der Waals surface area (Å²) in [7, 11) is 0. The molecule has 230 valence electrons. The Hall–Kier alpha value is -4.25. The summed E-state index contributed by atoms with van der Waals surface area (Å²) in [6.45, 7) is 5.35. The van der Waals surface area contributed by atoms with Crippen LogP contribution in [0.25, 0.3) is 20.5 Å². The number of nitrogens with zero attached hydrogens (tertiary/aromatic N) is 1. The summed E-state index contributed by atoms with van der Waals surface area (Å²) in [6, 6.07) is 18.2. The molecule has 1 unspecified atom stereocenters. The Morgan fingerprint density at radius 2 is 1.68 bits per heavy atom. The van der Waals surface area contributed by atoms with Crippen molar-refractivity contribution in [3.63, 3.8) is 0 Å². The molecular formula is C34H37N3O6S. The number of Topliss-reactive ketones (excluding diaryl/α,β-unsaturated/α-hetero) is 1. The molecule has 2 heterocycles. The molecule has 3 aromatic carbocycles. The van der Waals surface area contributed by atoms with Gasteiger partial charge in [0.2, 0.25) is 0 Å². The molecule has 1 fully saturated rings. The maximum Gasteiger partial charge on any atom is 0.413 e. The minimum atomic E-state index is -0.761. The fraction of sp³-hybridized carbons (Fsp3) is 0.324. The average molecular weight is 616 g/mol. The third-order valence-corrected chi connectivity index (χ3v) is 8.91. The van der Waals surface area contributed by atoms with Crippen LogP contribution in [-0.4, -0.2) is 66.5 Å². The average Bonchev–Trinajstić information content (AvgIpc) is 3.40. The van der Waals surface area contributed by atoms with Crippen LogP contribution in [0.1, 0.15) is 48.5 Å². The number of piperidine rings is 1. The summed E-state index contributed by atoms with van der Waals surface area (Å²) in [4.78, 5) is 41.5. The smallest absolute Gasteiger partial charge is 0.413 e. The van der Waals surface area contributed by atoms with E-state index in [1.807, 2.05) is 12.1 Å². The molecule has 1 atom stereocenters. The van der Waals surface area contributed by atoms with Crippen LogP contribution < -0.4 is 20.5 Å². The predicted octanol–water partition coefficient (Wildman–Crippen LogP) is 5.76. The van der Waals surface area contributed by atoms with E-state index < -0.39 is 12.1 Å². The van der Waals surface area contributed by atoms with Crippen LogP contribution in [0.5, 0.6) is 17.2 Å². The van der Waals surface area contributed by atoms with Crippen molar-refractivity contribution in [2.45, 2.75) is 38.6 Å². The van der Waals surface area contributed by atoms with Crippen LogP contribution in [0.3, 0.4) is 0 Å². The molecule has 1 aromatic heterocycles. The summed E-state index contributed by atoms with van der Waals surface area (Å²) in [5.41, 5.74) is 7.37. The van der Waals surface area contributed by atoms with Gasteiger partial charge in [-0.2, -0.15) is 0 Å². The Labute approximate surface area is 260 Å². The number of aromatic hydroxyl groups is 1. The number of rotatable bonds is 12. The highest BCUT2D eigenvalue weighted by molar-refractivity contribution is 7.22. The summed E-state index contributed by atoms with van der Waals surface area (Å²) >= 11 is 1.39. The fourth-order valence-electron chi connectivity index (χ4n) is 5.33. The number of ether oxygens (including phenoxy) is 2. The summed E-state index contributed by atoms with van der Waals surface area (Å²) in [5, 5.41) is 13.1. The lowest BCUT2D eigenvalue weighted by atomic mass is 9.97. The first-order valence-corrected chi connectivity index (χ1v) is 15.7. The van der Waals surface area contributed by atoms with Crippen LogP contribution >= 0.6 is 11.3 Å². The number of hydrogen-bond acceptors (Lipinski definition) is 9. The van der Waals surface area contributed by atoms with Crippen LogP contribution in [-0.2, 0) is 4.79 Å². The Morgan fingerprint density at radius 3 is 2.36 bits per heavy atom. The highest BCUT2D eigenvalue weighted by Gasteiger charge is 2.23. The van der Waals surface area contributed by atoms with Crippen molar-refractivity contribution in [2.75, 3.05) is 32.8 Å². The van der Waals surface area contributed by atoms with Gasteiger partial charge in [-0.3, -0.25) is 14.5 Å². The molecule has 5 rings (SSSR count). The molecule has 44 heavy (non-hydrogen) atoms. The van der Waals surface area contributed by atoms with Gasteiger partial charge in [0.05, 0.1) is 6.04 Å². The molecule has 0 spiro atoms. The third kappa shape index (κ3) is 7.63. The fourth-order valence-corrected chi connectivity index (χ4v) is 6.56. The van der Waals surface area contributed by atoms with Gasteiger partial charge in [0.1, 0.15) is 23.9 Å². The Bertz CT molecular complexity index is 1610. The van der Waals surface area contributed by atoms with Gasteiger partial charge in [0, 0.05) is 32.6 Å². The van der Waals surface area contributed by atoms with Gasteiger partial charge in [-0.05, 0) is 118 Å². The van der Waals surface area contributed by atoms with E-state index in [0.29, 0.717) is 35.3 Å². The highest BCUT2D eigenvalue weighted by atomic mass is 32.1. The molecule has 1 aliphatic heterocycles. The van der Waals surface area contributed by atoms with Gasteiger partial charge in [-0.1, -0.05) is 6.42 Å². The second-order valence-corrected chi connectivity index (χ2v) is 11.9. The number of amides is 1. The van der Waals surface area contributed by atoms with Gasteiger partial charge in [0.15, 0.2) is 11.6 Å². The zero-order valence-corrected chi connectivity index (χ0v) is 25.5. The van der Waals surface area contributed by atoms with E-state index >= 15 is 0 Å². The van der Waals surface area contributed by atoms with Crippen LogP contribution in [0.4, 0.5) is 4.79 Å². The first kappa shape index (κ1) is 31.2. The van der Waals surface area contributed by atoms with Crippen molar-refractivity contribution in [2.24, 2.45) is 5.73 Å². The standard InChI is InChI=1S/C34H37N3O6S/c1-22(38)29(15-16-35)36-34(41)43-27-13-14-28-30(21-27)44-33(24-5-9-25(39)10-6-24)31(28)32(40)23-7-11-26(12-8-23)42-20-19-37-17-3-2-4-18-37/h5-14,21,29,39H,2-4,15-20,35H2,1H3,(H,36,41). The number of hydrogen-bond donors (Lipinski definition) is 3. The maximum absolute atomic E-state index is 14.0. The monoisotopic (exact) mass is 615 g/mol. The molecule has 10 heteroatoms. The van der Waals surface area contributed by atoms with Crippen molar-refractivity contribution in [3.05, 3.63) is 77.9 Å². The molecule has 9 nitrogen and oxygen atoms in total. The van der Waals surface area contributed by atoms with E-state index in [-0.39, 0.29) is 29.6 Å². The molecule has 0 radical (unpaired) electrons. The van der Waals surface area contributed by atoms with E-state index in [1.54, 1.807) is 54.6 Å². The number of benzene rings is 3. The topological polar surface area (TPSA) is 131 Å². The molecule has 0 saturated carbocycles. The predicted molar refractivity (Wildman–Crippen MR) is 172 cm³/mol. The zero-order valence-electron chi connectivity index (χ0n) is 24.7. The lowest BCUT2D eigenvalue weighted by molar-refractivity contribution is -0.118. The van der Waals surface area contributed by atoms with Crippen LogP contribution in [0.15, 0.2) is 66.7 Å². The SMILES string of the molecule is CC(=O)C(CCN)NC(=O)Oc1ccc2c(C(=O)c3ccc(OCCN4CCCCC4)cc3)c(-c3ccc(O)cc3)sc2c1. The van der Waals surface area contributed by atoms with E-state index in [4.69, 9.17) is 15.2 Å². The molecule has 4 aromatic rings. The van der Waals surface area contributed by atoms with Crippen molar-refractivity contribution in [1.29, 1.82) is 0 Å². The van der Waals surface area contributed by atoms with E-state index in [2.05, 4.69) is 10.2 Å². The molecule has 1 saturated heterocycles. The highest BCUT2D eigenvalue weighted by Crippen LogP contribution is 2.41. The number of nitrogens with two attached hydrogens (primary N) is 1. The summed E-state index contributed by atoms with van der Waals surface area (Å²) in [5.74, 6) is 0.745. The minimum Gasteiger partial charge on any atom is -0.508 e. The number of ketones is 2. The minimum absolute atomic E-state index is 0.124. The van der Waals surface area contributed by atoms with Crippen molar-refractivity contribution in [3.8, 4) is 27.7 Å². The number of phenols is 1. The van der Waals surface area contributed by atoms with Gasteiger partial charge < -0.3 is 25.6 Å². The quantitative estimate of drug-likeness (QED) is 0.171. The third-order valence-electron chi connectivity index (χ3n) is 7.71. The van der Waals surface area contributed by atoms with Crippen molar-refractivity contribution >= 4 is 39.1 Å². The molecule has 1 aliphatic rings. The number of carbonyl (C=O) groups is 3. The van der Waals surface area contributed by atoms with Crippen LogP contribution in [0.2, 0.25) is 0 Å². The first-order valence-electron chi connectivity index (χ1n) is 14.9. The zero-order chi connectivity index (χ0) is 31.1. The molecule has 4 N–H and O–H groups in total. The van der Waals surface area contributed by atoms with Crippen molar-refractivity contribution in [1.82, 2.24) is 10.2 Å². The lowest BCUT2D eigenvalue weighted by Crippen LogP contribution is -2.42. The first-order chi connectivity index (χ1) is 21.3. The summed E-state index contributed by atoms with van der Waals surface area (Å²) in [6.07, 6.45) is 3.32. The van der Waals surface area contributed by atoms with E-state index in [0.717, 1.165) is 34.8 Å². The van der Waals surface area contributed by atoms with E-state index in [1.165, 1.54) is 37.5 Å². The Morgan fingerprint density at radius 1 is 0.977 bits per heavy atom. The molecule has 1 amide bonds.